The van der Waals surface area contributed by atoms with Crippen LogP contribution in [-0.2, 0) is 0 Å². The van der Waals surface area contributed by atoms with Crippen LogP contribution in [0.2, 0.25) is 0 Å². The molecule has 1 aliphatic heterocycles. The molecule has 0 radical (unpaired) electrons. The number of nitrogens with two attached hydrogens (primary N) is 1. The number of carbonyl (C=O) groups excluding carboxylic acids is 1. The van der Waals surface area contributed by atoms with Crippen LogP contribution in [0.3, 0.4) is 0 Å². The summed E-state index contributed by atoms with van der Waals surface area (Å²) in [6.07, 6.45) is 3.15. The number of imidazole rings is 1. The predicted octanol–water partition coefficient (Wildman–Crippen LogP) is 0.627. The van der Waals surface area contributed by atoms with Crippen LogP contribution in [0.1, 0.15) is 22.9 Å². The van der Waals surface area contributed by atoms with Crippen LogP contribution in [0.5, 0.6) is 0 Å². The lowest BCUT2D eigenvalue weighted by molar-refractivity contribution is 0.100. The monoisotopic (exact) mass is 216 g/mol. The predicted molar refractivity (Wildman–Crippen MR) is 59.9 cm³/mol. The zero-order chi connectivity index (χ0) is 11.1. The van der Waals surface area contributed by atoms with E-state index in [4.69, 9.17) is 5.73 Å². The molecular formula is C11H12N4O. The van der Waals surface area contributed by atoms with Gasteiger partial charge in [0.1, 0.15) is 5.52 Å². The second-order valence-electron chi connectivity index (χ2n) is 3.95. The molecule has 1 fully saturated rings. The zero-order valence-corrected chi connectivity index (χ0v) is 8.68. The Hall–Kier alpha value is -1.88. The molecule has 1 aliphatic rings. The third-order valence-electron chi connectivity index (χ3n) is 3.00. The first kappa shape index (κ1) is 9.35. The van der Waals surface area contributed by atoms with Gasteiger partial charge in [0.05, 0.1) is 23.6 Å². The molecule has 16 heavy (non-hydrogen) atoms. The van der Waals surface area contributed by atoms with Crippen molar-refractivity contribution in [3.63, 3.8) is 0 Å². The number of fused-ring (bicyclic) bond motifs is 1. The Morgan fingerprint density at radius 2 is 2.38 bits per heavy atom. The van der Waals surface area contributed by atoms with Gasteiger partial charge >= 0.3 is 0 Å². The summed E-state index contributed by atoms with van der Waals surface area (Å²) in [4.78, 5) is 15.5. The Labute approximate surface area is 92.3 Å². The van der Waals surface area contributed by atoms with Gasteiger partial charge in [-0.05, 0) is 18.6 Å². The van der Waals surface area contributed by atoms with E-state index in [1.165, 1.54) is 0 Å². The summed E-state index contributed by atoms with van der Waals surface area (Å²) in [7, 11) is 0. The van der Waals surface area contributed by atoms with Crippen molar-refractivity contribution in [1.82, 2.24) is 14.9 Å². The van der Waals surface area contributed by atoms with E-state index >= 15 is 0 Å². The largest absolute Gasteiger partial charge is 0.366 e. The van der Waals surface area contributed by atoms with Crippen molar-refractivity contribution in [3.05, 3.63) is 30.1 Å². The maximum atomic E-state index is 11.2. The van der Waals surface area contributed by atoms with Gasteiger partial charge in [0.15, 0.2) is 0 Å². The molecule has 1 aromatic carbocycles. The third kappa shape index (κ3) is 1.22. The lowest BCUT2D eigenvalue weighted by Crippen LogP contribution is -2.38. The molecule has 0 spiro atoms. The maximum Gasteiger partial charge on any atom is 0.250 e. The summed E-state index contributed by atoms with van der Waals surface area (Å²) < 4.78 is 2.05. The summed E-state index contributed by atoms with van der Waals surface area (Å²) >= 11 is 0. The number of hydrogen-bond acceptors (Lipinski definition) is 3. The van der Waals surface area contributed by atoms with Crippen molar-refractivity contribution in [3.8, 4) is 0 Å². The first-order valence-corrected chi connectivity index (χ1v) is 5.26. The number of nitrogens with zero attached hydrogens (tertiary/aromatic N) is 2. The molecule has 82 valence electrons. The Morgan fingerprint density at radius 3 is 3.00 bits per heavy atom. The summed E-state index contributed by atoms with van der Waals surface area (Å²) in [6.45, 7) is 1.03. The van der Waals surface area contributed by atoms with Gasteiger partial charge in [-0.1, -0.05) is 6.07 Å². The van der Waals surface area contributed by atoms with Crippen LogP contribution in [-0.4, -0.2) is 22.0 Å². The Morgan fingerprint density at radius 1 is 1.56 bits per heavy atom. The zero-order valence-electron chi connectivity index (χ0n) is 8.68. The van der Waals surface area contributed by atoms with Gasteiger partial charge in [0.2, 0.25) is 0 Å². The minimum atomic E-state index is -0.433. The molecule has 5 heteroatoms. The topological polar surface area (TPSA) is 72.9 Å². The molecule has 3 N–H and O–H groups in total. The molecule has 5 nitrogen and oxygen atoms in total. The van der Waals surface area contributed by atoms with Crippen LogP contribution in [0.15, 0.2) is 24.5 Å². The average Bonchev–Trinajstić information content (AvgIpc) is 2.59. The normalized spacial score (nSPS) is 19.6. The molecule has 1 aromatic heterocycles. The fourth-order valence-electron chi connectivity index (χ4n) is 2.02. The fourth-order valence-corrected chi connectivity index (χ4v) is 2.02. The number of rotatable bonds is 2. The number of benzene rings is 1. The molecular weight excluding hydrogens is 204 g/mol. The minimum absolute atomic E-state index is 0.299. The SMILES string of the molecule is NC(=O)c1cccc2c1ncn2C1CCN1. The standard InChI is InChI=1S/C11H12N4O/c12-11(16)7-2-1-3-8-10(7)14-6-15(8)9-4-5-13-9/h1-3,6,9,13H,4-5H2,(H2,12,16). The van der Waals surface area contributed by atoms with Crippen molar-refractivity contribution in [1.29, 1.82) is 0 Å². The lowest BCUT2D eigenvalue weighted by atomic mass is 10.1. The van der Waals surface area contributed by atoms with Gasteiger partial charge in [-0.3, -0.25) is 10.1 Å². The van der Waals surface area contributed by atoms with E-state index in [1.54, 1.807) is 12.4 Å². The second kappa shape index (κ2) is 3.31. The van der Waals surface area contributed by atoms with E-state index < -0.39 is 5.91 Å². The van der Waals surface area contributed by atoms with Crippen LogP contribution in [0.4, 0.5) is 0 Å². The number of primary amides is 1. The quantitative estimate of drug-likeness (QED) is 0.773. The average molecular weight is 216 g/mol. The number of nitrogens with one attached hydrogen (secondary N) is 1. The van der Waals surface area contributed by atoms with Crippen LogP contribution >= 0.6 is 0 Å². The number of aromatic nitrogens is 2. The maximum absolute atomic E-state index is 11.2. The van der Waals surface area contributed by atoms with Gasteiger partial charge in [-0.2, -0.15) is 0 Å². The minimum Gasteiger partial charge on any atom is -0.366 e. The first-order valence-electron chi connectivity index (χ1n) is 5.26. The van der Waals surface area contributed by atoms with E-state index in [-0.39, 0.29) is 0 Å². The van der Waals surface area contributed by atoms with Crippen molar-refractivity contribution in [2.75, 3.05) is 6.54 Å². The summed E-state index contributed by atoms with van der Waals surface area (Å²) in [6, 6.07) is 5.49. The third-order valence-corrected chi connectivity index (χ3v) is 3.00. The van der Waals surface area contributed by atoms with E-state index in [0.29, 0.717) is 17.2 Å². The Balaban J connectivity index is 2.19. The number of hydrogen-bond donors (Lipinski definition) is 2. The number of para-hydroxylation sites is 1. The van der Waals surface area contributed by atoms with Crippen molar-refractivity contribution in [2.24, 2.45) is 5.73 Å². The highest BCUT2D eigenvalue weighted by Crippen LogP contribution is 2.23. The van der Waals surface area contributed by atoms with Gasteiger partial charge in [0.25, 0.3) is 5.91 Å². The van der Waals surface area contributed by atoms with Gasteiger partial charge in [-0.25, -0.2) is 4.98 Å². The molecule has 0 saturated carbocycles. The van der Waals surface area contributed by atoms with Gasteiger partial charge < -0.3 is 10.3 Å². The van der Waals surface area contributed by atoms with Crippen molar-refractivity contribution in [2.45, 2.75) is 12.6 Å². The molecule has 2 heterocycles. The van der Waals surface area contributed by atoms with Crippen LogP contribution in [0.25, 0.3) is 11.0 Å². The smallest absolute Gasteiger partial charge is 0.250 e. The first-order chi connectivity index (χ1) is 7.77. The highest BCUT2D eigenvalue weighted by molar-refractivity contribution is 6.04. The van der Waals surface area contributed by atoms with Crippen LogP contribution < -0.4 is 11.1 Å². The summed E-state index contributed by atoms with van der Waals surface area (Å²) in [5.74, 6) is -0.433. The van der Waals surface area contributed by atoms with Crippen molar-refractivity contribution < 1.29 is 4.79 Å². The Bertz CT molecular complexity index is 556. The molecule has 1 amide bonds. The molecule has 1 atom stereocenters. The van der Waals surface area contributed by atoms with Crippen LogP contribution in [0, 0.1) is 0 Å². The molecule has 3 rings (SSSR count). The van der Waals surface area contributed by atoms with Gasteiger partial charge in [0, 0.05) is 6.54 Å². The Kier molecular flexibility index (Phi) is 1.94. The summed E-state index contributed by atoms with van der Waals surface area (Å²) in [5, 5.41) is 3.30. The fraction of sp³-hybridized carbons (Fsp3) is 0.273. The van der Waals surface area contributed by atoms with E-state index in [1.807, 2.05) is 16.7 Å². The molecule has 2 aromatic rings. The number of amides is 1. The number of carbonyl (C=O) groups is 1. The molecule has 0 aliphatic carbocycles. The van der Waals surface area contributed by atoms with E-state index in [0.717, 1.165) is 18.5 Å². The highest BCUT2D eigenvalue weighted by Gasteiger charge is 2.21. The van der Waals surface area contributed by atoms with Gasteiger partial charge in [-0.15, -0.1) is 0 Å². The molecule has 1 saturated heterocycles. The van der Waals surface area contributed by atoms with E-state index in [2.05, 4.69) is 10.3 Å². The van der Waals surface area contributed by atoms with E-state index in [9.17, 15) is 4.79 Å². The summed E-state index contributed by atoms with van der Waals surface area (Å²) in [5.41, 5.74) is 7.43. The lowest BCUT2D eigenvalue weighted by Gasteiger charge is -2.29. The van der Waals surface area contributed by atoms with Crippen molar-refractivity contribution >= 4 is 16.9 Å². The molecule has 0 bridgehead atoms. The molecule has 1 unspecified atom stereocenters. The second-order valence-corrected chi connectivity index (χ2v) is 3.95. The highest BCUT2D eigenvalue weighted by atomic mass is 16.1.